The van der Waals surface area contributed by atoms with Crippen LogP contribution in [0.2, 0.25) is 0 Å². The van der Waals surface area contributed by atoms with Gasteiger partial charge in [0.15, 0.2) is 0 Å². The zero-order valence-electron chi connectivity index (χ0n) is 15.2. The molecule has 26 heavy (non-hydrogen) atoms. The summed E-state index contributed by atoms with van der Waals surface area (Å²) in [5.74, 6) is -0.249. The quantitative estimate of drug-likeness (QED) is 0.901. The van der Waals surface area contributed by atoms with Crippen molar-refractivity contribution in [1.29, 1.82) is 0 Å². The van der Waals surface area contributed by atoms with Crippen molar-refractivity contribution >= 4 is 23.4 Å². The first-order valence-corrected chi connectivity index (χ1v) is 9.61. The van der Waals surface area contributed by atoms with Gasteiger partial charge in [-0.25, -0.2) is 0 Å². The molecular weight excluding hydrogens is 330 g/mol. The van der Waals surface area contributed by atoms with E-state index >= 15 is 0 Å². The van der Waals surface area contributed by atoms with Crippen molar-refractivity contribution in [2.24, 2.45) is 0 Å². The van der Waals surface area contributed by atoms with Crippen LogP contribution in [0.5, 0.6) is 0 Å². The molecule has 0 unspecified atom stereocenters. The fourth-order valence-corrected chi connectivity index (χ4v) is 3.61. The van der Waals surface area contributed by atoms with Gasteiger partial charge in [0.25, 0.3) is 5.91 Å². The Morgan fingerprint density at radius 2 is 1.62 bits per heavy atom. The van der Waals surface area contributed by atoms with Crippen LogP contribution < -0.4 is 5.32 Å². The highest BCUT2D eigenvalue weighted by Gasteiger charge is 2.23. The lowest BCUT2D eigenvalue weighted by Crippen LogP contribution is -2.38. The summed E-state index contributed by atoms with van der Waals surface area (Å²) in [4.78, 5) is 40.8. The van der Waals surface area contributed by atoms with Crippen molar-refractivity contribution in [3.63, 3.8) is 0 Å². The molecule has 3 amide bonds. The summed E-state index contributed by atoms with van der Waals surface area (Å²) in [5.41, 5.74) is 1.04. The molecule has 1 aromatic carbocycles. The number of amides is 3. The molecule has 6 nitrogen and oxygen atoms in total. The highest BCUT2D eigenvalue weighted by molar-refractivity contribution is 6.04. The first kappa shape index (κ1) is 18.4. The van der Waals surface area contributed by atoms with Crippen molar-refractivity contribution < 1.29 is 14.4 Å². The smallest absolute Gasteiger partial charge is 0.255 e. The Kier molecular flexibility index (Phi) is 6.26. The SMILES string of the molecule is O=C(CN1CCCCCC1=O)Nc1ccccc1C(=O)N1CCCCC1. The largest absolute Gasteiger partial charge is 0.339 e. The monoisotopic (exact) mass is 357 g/mol. The molecule has 0 atom stereocenters. The average Bonchev–Trinajstić information content (AvgIpc) is 2.87. The summed E-state index contributed by atoms with van der Waals surface area (Å²) in [6.45, 7) is 2.21. The van der Waals surface area contributed by atoms with Gasteiger partial charge in [0.05, 0.1) is 17.8 Å². The number of rotatable bonds is 4. The molecular formula is C20H27N3O3. The summed E-state index contributed by atoms with van der Waals surface area (Å²) < 4.78 is 0. The molecule has 2 heterocycles. The number of carbonyl (C=O) groups is 3. The number of nitrogens with zero attached hydrogens (tertiary/aromatic N) is 2. The Balaban J connectivity index is 1.66. The van der Waals surface area contributed by atoms with Crippen molar-refractivity contribution in [2.75, 3.05) is 31.5 Å². The van der Waals surface area contributed by atoms with Gasteiger partial charge in [-0.05, 0) is 44.2 Å². The zero-order valence-corrected chi connectivity index (χ0v) is 15.2. The number of carbonyl (C=O) groups excluding carboxylic acids is 3. The van der Waals surface area contributed by atoms with Crippen molar-refractivity contribution in [1.82, 2.24) is 9.80 Å². The van der Waals surface area contributed by atoms with Crippen LogP contribution in [0.4, 0.5) is 5.69 Å². The van der Waals surface area contributed by atoms with Gasteiger partial charge in [-0.2, -0.15) is 0 Å². The second kappa shape index (κ2) is 8.83. The summed E-state index contributed by atoms with van der Waals surface area (Å²) in [6, 6.07) is 7.12. The molecule has 0 aliphatic carbocycles. The van der Waals surface area contributed by atoms with Crippen LogP contribution in [0.15, 0.2) is 24.3 Å². The summed E-state index contributed by atoms with van der Waals surface area (Å²) in [7, 11) is 0. The van der Waals surface area contributed by atoms with E-state index in [2.05, 4.69) is 5.32 Å². The zero-order chi connectivity index (χ0) is 18.4. The Morgan fingerprint density at radius 1 is 0.923 bits per heavy atom. The van der Waals surface area contributed by atoms with E-state index in [9.17, 15) is 14.4 Å². The second-order valence-corrected chi connectivity index (χ2v) is 7.07. The Hall–Kier alpha value is -2.37. The van der Waals surface area contributed by atoms with E-state index in [-0.39, 0.29) is 24.3 Å². The second-order valence-electron chi connectivity index (χ2n) is 7.07. The number of hydrogen-bond acceptors (Lipinski definition) is 3. The third kappa shape index (κ3) is 4.62. The molecule has 6 heteroatoms. The fourth-order valence-electron chi connectivity index (χ4n) is 3.61. The molecule has 0 radical (unpaired) electrons. The van der Waals surface area contributed by atoms with E-state index < -0.39 is 0 Å². The van der Waals surface area contributed by atoms with Gasteiger partial charge in [0.2, 0.25) is 11.8 Å². The minimum atomic E-state index is -0.251. The standard InChI is InChI=1S/C20H27N3O3/c24-18(15-23-14-6-1-3-11-19(23)25)21-17-10-5-4-9-16(17)20(26)22-12-7-2-8-13-22/h4-5,9-10H,1-3,6-8,11-15H2,(H,21,24). The lowest BCUT2D eigenvalue weighted by atomic mass is 10.1. The summed E-state index contributed by atoms with van der Waals surface area (Å²) in [5, 5.41) is 2.84. The molecule has 0 spiro atoms. The van der Waals surface area contributed by atoms with Gasteiger partial charge in [0, 0.05) is 26.1 Å². The normalized spacial score (nSPS) is 18.4. The van der Waals surface area contributed by atoms with E-state index in [4.69, 9.17) is 0 Å². The Labute approximate surface area is 154 Å². The van der Waals surface area contributed by atoms with Gasteiger partial charge >= 0.3 is 0 Å². The number of anilines is 1. The van der Waals surface area contributed by atoms with Gasteiger partial charge in [-0.1, -0.05) is 18.6 Å². The maximum atomic E-state index is 12.8. The van der Waals surface area contributed by atoms with Gasteiger partial charge < -0.3 is 15.1 Å². The third-order valence-electron chi connectivity index (χ3n) is 5.08. The molecule has 2 aliphatic heterocycles. The fraction of sp³-hybridized carbons (Fsp3) is 0.550. The van der Waals surface area contributed by atoms with Gasteiger partial charge in [-0.3, -0.25) is 14.4 Å². The van der Waals surface area contributed by atoms with Crippen LogP contribution in [0, 0.1) is 0 Å². The highest BCUT2D eigenvalue weighted by atomic mass is 16.2. The predicted octanol–water partition coefficient (Wildman–Crippen LogP) is 2.65. The molecule has 140 valence electrons. The lowest BCUT2D eigenvalue weighted by molar-refractivity contribution is -0.134. The minimum absolute atomic E-state index is 0.0357. The minimum Gasteiger partial charge on any atom is -0.339 e. The van der Waals surface area contributed by atoms with Crippen LogP contribution >= 0.6 is 0 Å². The number of piperidine rings is 1. The number of para-hydroxylation sites is 1. The summed E-state index contributed by atoms with van der Waals surface area (Å²) in [6.07, 6.45) is 6.57. The van der Waals surface area contributed by atoms with E-state index in [1.165, 1.54) is 0 Å². The van der Waals surface area contributed by atoms with Gasteiger partial charge in [-0.15, -0.1) is 0 Å². The average molecular weight is 357 g/mol. The molecule has 3 rings (SSSR count). The number of benzene rings is 1. The van der Waals surface area contributed by atoms with Crippen LogP contribution in [0.25, 0.3) is 0 Å². The van der Waals surface area contributed by atoms with Crippen molar-refractivity contribution in [2.45, 2.75) is 44.9 Å². The Bertz CT molecular complexity index is 668. The first-order valence-electron chi connectivity index (χ1n) is 9.61. The predicted molar refractivity (Wildman–Crippen MR) is 99.9 cm³/mol. The Morgan fingerprint density at radius 3 is 2.42 bits per heavy atom. The molecule has 0 bridgehead atoms. The third-order valence-corrected chi connectivity index (χ3v) is 5.08. The summed E-state index contributed by atoms with van der Waals surface area (Å²) >= 11 is 0. The van der Waals surface area contributed by atoms with E-state index in [0.717, 1.165) is 51.6 Å². The van der Waals surface area contributed by atoms with Crippen molar-refractivity contribution in [3.8, 4) is 0 Å². The lowest BCUT2D eigenvalue weighted by Gasteiger charge is -2.27. The number of hydrogen-bond donors (Lipinski definition) is 1. The molecule has 1 aromatic rings. The maximum Gasteiger partial charge on any atom is 0.255 e. The molecule has 2 fully saturated rings. The van der Waals surface area contributed by atoms with Crippen molar-refractivity contribution in [3.05, 3.63) is 29.8 Å². The highest BCUT2D eigenvalue weighted by Crippen LogP contribution is 2.20. The van der Waals surface area contributed by atoms with Crippen LogP contribution in [0.1, 0.15) is 55.3 Å². The molecule has 0 aromatic heterocycles. The molecule has 0 saturated carbocycles. The van der Waals surface area contributed by atoms with Crippen LogP contribution in [-0.4, -0.2) is 53.7 Å². The molecule has 2 saturated heterocycles. The molecule has 2 aliphatic rings. The van der Waals surface area contributed by atoms with Crippen LogP contribution in [0.3, 0.4) is 0 Å². The van der Waals surface area contributed by atoms with Gasteiger partial charge in [0.1, 0.15) is 0 Å². The first-order chi connectivity index (χ1) is 12.6. The molecule has 1 N–H and O–H groups in total. The van der Waals surface area contributed by atoms with E-state index in [1.54, 1.807) is 23.1 Å². The van der Waals surface area contributed by atoms with Crippen LogP contribution in [-0.2, 0) is 9.59 Å². The number of nitrogens with one attached hydrogen (secondary N) is 1. The topological polar surface area (TPSA) is 69.7 Å². The maximum absolute atomic E-state index is 12.8. The number of likely N-dealkylation sites (tertiary alicyclic amines) is 2. The van der Waals surface area contributed by atoms with E-state index in [1.807, 2.05) is 11.0 Å². The van der Waals surface area contributed by atoms with E-state index in [0.29, 0.717) is 24.2 Å².